The van der Waals surface area contributed by atoms with Crippen LogP contribution >= 0.6 is 38.5 Å². The number of nitrogens with zero attached hydrogens (tertiary/aromatic N) is 2. The highest BCUT2D eigenvalue weighted by atomic mass is 127. The van der Waals surface area contributed by atoms with Crippen molar-refractivity contribution in [3.8, 4) is 0 Å². The Labute approximate surface area is 146 Å². The van der Waals surface area contributed by atoms with E-state index >= 15 is 0 Å². The normalized spacial score (nSPS) is 13.5. The van der Waals surface area contributed by atoms with Crippen LogP contribution in [0.2, 0.25) is 0 Å². The smallest absolute Gasteiger partial charge is 0.268 e. The molecule has 0 fully saturated rings. The maximum Gasteiger partial charge on any atom is 0.307 e. The van der Waals surface area contributed by atoms with Crippen LogP contribution < -0.4 is 4.90 Å². The quantitative estimate of drug-likeness (QED) is 0.288. The molecule has 0 spiro atoms. The van der Waals surface area contributed by atoms with Crippen molar-refractivity contribution in [1.29, 1.82) is 0 Å². The van der Waals surface area contributed by atoms with Gasteiger partial charge in [0.05, 0.1) is 16.1 Å². The topological polar surface area (TPSA) is 80.5 Å². The van der Waals surface area contributed by atoms with Crippen molar-refractivity contribution < 1.29 is 14.5 Å². The molecule has 2 amide bonds. The molecule has 1 heterocycles. The van der Waals surface area contributed by atoms with Crippen LogP contribution in [0.25, 0.3) is 0 Å². The number of rotatable bonds is 2. The van der Waals surface area contributed by atoms with E-state index < -0.39 is 16.7 Å². The molecule has 22 heavy (non-hydrogen) atoms. The minimum Gasteiger partial charge on any atom is -0.268 e. The predicted molar refractivity (Wildman–Crippen MR) is 91.1 cm³/mol. The molecule has 6 nitrogen and oxygen atoms in total. The Morgan fingerprint density at radius 1 is 1.05 bits per heavy atom. The van der Waals surface area contributed by atoms with Gasteiger partial charge in [0.2, 0.25) is 0 Å². The van der Waals surface area contributed by atoms with Crippen molar-refractivity contribution in [2.45, 2.75) is 0 Å². The van der Waals surface area contributed by atoms with E-state index in [2.05, 4.69) is 15.9 Å². The fourth-order valence-electron chi connectivity index (χ4n) is 2.29. The first-order chi connectivity index (χ1) is 10.4. The number of carbonyl (C=O) groups is 2. The summed E-state index contributed by atoms with van der Waals surface area (Å²) >= 11 is 5.02. The molecule has 0 aromatic heterocycles. The lowest BCUT2D eigenvalue weighted by Gasteiger charge is -2.15. The molecular weight excluding hydrogens is 467 g/mol. The van der Waals surface area contributed by atoms with E-state index in [9.17, 15) is 19.7 Å². The van der Waals surface area contributed by atoms with Gasteiger partial charge < -0.3 is 0 Å². The van der Waals surface area contributed by atoms with Crippen LogP contribution in [0, 0.1) is 13.7 Å². The lowest BCUT2D eigenvalue weighted by Crippen LogP contribution is -2.30. The molecular formula is C14H6BrIN2O4. The van der Waals surface area contributed by atoms with Gasteiger partial charge in [-0.2, -0.15) is 0 Å². The van der Waals surface area contributed by atoms with Gasteiger partial charge in [-0.3, -0.25) is 19.7 Å². The highest BCUT2D eigenvalue weighted by Gasteiger charge is 2.40. The lowest BCUT2D eigenvalue weighted by atomic mass is 10.1. The van der Waals surface area contributed by atoms with Gasteiger partial charge in [0, 0.05) is 4.47 Å². The van der Waals surface area contributed by atoms with E-state index in [1.165, 1.54) is 18.2 Å². The largest absolute Gasteiger partial charge is 0.307 e. The Morgan fingerprint density at radius 2 is 1.59 bits per heavy atom. The standard InChI is InChI=1S/C14H6BrIN2O4/c15-9-5-6-10(12(11(9)16)18(21)22)17-13(19)7-3-1-2-4-8(7)14(17)20/h1-6H. The highest BCUT2D eigenvalue weighted by molar-refractivity contribution is 14.1. The monoisotopic (exact) mass is 472 g/mol. The van der Waals surface area contributed by atoms with Crippen molar-refractivity contribution in [2.75, 3.05) is 4.90 Å². The zero-order chi connectivity index (χ0) is 16.0. The van der Waals surface area contributed by atoms with Gasteiger partial charge in [0.15, 0.2) is 0 Å². The summed E-state index contributed by atoms with van der Waals surface area (Å²) in [5, 5.41) is 11.4. The summed E-state index contributed by atoms with van der Waals surface area (Å²) in [5.74, 6) is -1.11. The number of anilines is 1. The molecule has 0 saturated carbocycles. The number of carbonyl (C=O) groups excluding carboxylic acids is 2. The van der Waals surface area contributed by atoms with E-state index in [4.69, 9.17) is 0 Å². The van der Waals surface area contributed by atoms with Gasteiger partial charge in [-0.15, -0.1) is 0 Å². The third kappa shape index (κ3) is 2.13. The van der Waals surface area contributed by atoms with Crippen LogP contribution in [0.3, 0.4) is 0 Å². The minimum absolute atomic E-state index is 0.0243. The molecule has 0 radical (unpaired) electrons. The van der Waals surface area contributed by atoms with E-state index in [0.29, 0.717) is 8.04 Å². The van der Waals surface area contributed by atoms with Crippen molar-refractivity contribution in [1.82, 2.24) is 0 Å². The Kier molecular flexibility index (Phi) is 3.73. The van der Waals surface area contributed by atoms with Gasteiger partial charge in [-0.25, -0.2) is 4.90 Å². The van der Waals surface area contributed by atoms with Crippen LogP contribution in [-0.4, -0.2) is 16.7 Å². The molecule has 0 aliphatic carbocycles. The molecule has 2 aromatic rings. The summed E-state index contributed by atoms with van der Waals surface area (Å²) < 4.78 is 0.858. The number of hydrogen-bond donors (Lipinski definition) is 0. The van der Waals surface area contributed by atoms with E-state index in [1.54, 1.807) is 18.2 Å². The predicted octanol–water partition coefficient (Wildman–Crippen LogP) is 3.76. The summed E-state index contributed by atoms with van der Waals surface area (Å²) in [6.07, 6.45) is 0. The van der Waals surface area contributed by atoms with E-state index in [1.807, 2.05) is 22.6 Å². The molecule has 0 unspecified atom stereocenters. The molecule has 2 aromatic carbocycles. The number of imide groups is 1. The zero-order valence-corrected chi connectivity index (χ0v) is 14.5. The Bertz CT molecular complexity index is 818. The van der Waals surface area contributed by atoms with E-state index in [-0.39, 0.29) is 22.5 Å². The maximum atomic E-state index is 12.4. The fourth-order valence-corrected chi connectivity index (χ4v) is 3.26. The van der Waals surface area contributed by atoms with Gasteiger partial charge in [0.1, 0.15) is 9.26 Å². The molecule has 0 atom stereocenters. The van der Waals surface area contributed by atoms with Crippen LogP contribution in [0.5, 0.6) is 0 Å². The van der Waals surface area contributed by atoms with Gasteiger partial charge >= 0.3 is 5.69 Å². The summed E-state index contributed by atoms with van der Waals surface area (Å²) in [5.41, 5.74) is 0.202. The van der Waals surface area contributed by atoms with Crippen LogP contribution in [0.1, 0.15) is 20.7 Å². The van der Waals surface area contributed by atoms with Crippen LogP contribution in [0.4, 0.5) is 11.4 Å². The van der Waals surface area contributed by atoms with Gasteiger partial charge in [-0.1, -0.05) is 12.1 Å². The Morgan fingerprint density at radius 3 is 2.09 bits per heavy atom. The Balaban J connectivity index is 2.23. The number of halogens is 2. The van der Waals surface area contributed by atoms with Crippen LogP contribution in [-0.2, 0) is 0 Å². The molecule has 1 aliphatic rings. The average Bonchev–Trinajstić information content (AvgIpc) is 2.74. The lowest BCUT2D eigenvalue weighted by molar-refractivity contribution is -0.385. The van der Waals surface area contributed by atoms with Gasteiger partial charge in [0.25, 0.3) is 11.8 Å². The maximum absolute atomic E-state index is 12.4. The molecule has 110 valence electrons. The summed E-state index contributed by atoms with van der Waals surface area (Å²) in [7, 11) is 0. The second-order valence-electron chi connectivity index (χ2n) is 4.48. The SMILES string of the molecule is O=C1c2ccccc2C(=O)N1c1ccc(Br)c(I)c1[N+](=O)[O-]. The second kappa shape index (κ2) is 5.43. The average molecular weight is 473 g/mol. The van der Waals surface area contributed by atoms with Crippen molar-refractivity contribution >= 4 is 61.7 Å². The fraction of sp³-hybridized carbons (Fsp3) is 0. The van der Waals surface area contributed by atoms with E-state index in [0.717, 1.165) is 4.90 Å². The number of nitro groups is 1. The summed E-state index contributed by atoms with van der Waals surface area (Å²) in [4.78, 5) is 36.5. The van der Waals surface area contributed by atoms with Gasteiger partial charge in [-0.05, 0) is 62.8 Å². The number of benzene rings is 2. The number of hydrogen-bond acceptors (Lipinski definition) is 4. The third-order valence-electron chi connectivity index (χ3n) is 3.27. The first kappa shape index (κ1) is 15.1. The second-order valence-corrected chi connectivity index (χ2v) is 6.41. The molecule has 0 N–H and O–H groups in total. The molecule has 0 saturated heterocycles. The minimum atomic E-state index is -0.592. The number of fused-ring (bicyclic) bond motifs is 1. The molecule has 8 heteroatoms. The van der Waals surface area contributed by atoms with Crippen molar-refractivity contribution in [2.24, 2.45) is 0 Å². The summed E-state index contributed by atoms with van der Waals surface area (Å²) in [6.45, 7) is 0. The van der Waals surface area contributed by atoms with Crippen molar-refractivity contribution in [3.05, 3.63) is 65.7 Å². The Hall–Kier alpha value is -1.81. The number of amides is 2. The van der Waals surface area contributed by atoms with Crippen molar-refractivity contribution in [3.63, 3.8) is 0 Å². The zero-order valence-electron chi connectivity index (χ0n) is 10.7. The highest BCUT2D eigenvalue weighted by Crippen LogP contribution is 2.40. The molecule has 3 rings (SSSR count). The molecule has 1 aliphatic heterocycles. The first-order valence-electron chi connectivity index (χ1n) is 6.03. The molecule has 0 bridgehead atoms. The third-order valence-corrected chi connectivity index (χ3v) is 5.76. The van der Waals surface area contributed by atoms with Crippen LogP contribution in [0.15, 0.2) is 40.9 Å². The first-order valence-corrected chi connectivity index (χ1v) is 7.91. The summed E-state index contributed by atoms with van der Waals surface area (Å²) in [6, 6.07) is 9.33. The number of nitro benzene ring substituents is 1.